The lowest BCUT2D eigenvalue weighted by Crippen LogP contribution is -2.19. The molecule has 2 aromatic carbocycles. The molecule has 0 saturated heterocycles. The van der Waals surface area contributed by atoms with E-state index in [1.807, 2.05) is 30.3 Å². The molecule has 0 unspecified atom stereocenters. The molecule has 0 fully saturated rings. The normalized spacial score (nSPS) is 10.5. The van der Waals surface area contributed by atoms with E-state index in [-0.39, 0.29) is 11.8 Å². The van der Waals surface area contributed by atoms with Gasteiger partial charge in [-0.3, -0.25) is 14.9 Å². The Morgan fingerprint density at radius 2 is 1.92 bits per heavy atom. The zero-order valence-corrected chi connectivity index (χ0v) is 14.6. The van der Waals surface area contributed by atoms with Gasteiger partial charge in [0.25, 0.3) is 5.91 Å². The van der Waals surface area contributed by atoms with Gasteiger partial charge in [0.15, 0.2) is 5.13 Å². The van der Waals surface area contributed by atoms with Crippen LogP contribution >= 0.6 is 11.3 Å². The summed E-state index contributed by atoms with van der Waals surface area (Å²) in [6.45, 7) is 1.91. The number of benzene rings is 2. The van der Waals surface area contributed by atoms with Crippen molar-refractivity contribution in [3.05, 3.63) is 53.6 Å². The molecule has 7 heteroatoms. The van der Waals surface area contributed by atoms with Gasteiger partial charge in [-0.1, -0.05) is 23.5 Å². The van der Waals surface area contributed by atoms with Crippen molar-refractivity contribution in [1.29, 1.82) is 0 Å². The van der Waals surface area contributed by atoms with Crippen LogP contribution in [-0.2, 0) is 11.3 Å². The van der Waals surface area contributed by atoms with Crippen LogP contribution in [0, 0.1) is 0 Å². The molecule has 0 spiro atoms. The molecule has 1 aromatic heterocycles. The van der Waals surface area contributed by atoms with Crippen LogP contribution in [0.3, 0.4) is 0 Å². The maximum Gasteiger partial charge on any atom is 0.257 e. The first-order chi connectivity index (χ1) is 12.0. The van der Waals surface area contributed by atoms with Crippen molar-refractivity contribution in [2.75, 3.05) is 12.4 Å². The van der Waals surface area contributed by atoms with E-state index in [1.165, 1.54) is 18.3 Å². The number of methoxy groups -OCH3 is 1. The average molecular weight is 355 g/mol. The first kappa shape index (κ1) is 16.9. The molecule has 0 aliphatic rings. The predicted octanol–water partition coefficient (Wildman–Crippen LogP) is 3.19. The second-order valence-corrected chi connectivity index (χ2v) is 6.44. The highest BCUT2D eigenvalue weighted by Gasteiger charge is 2.10. The molecule has 3 aromatic rings. The number of hydrogen-bond acceptors (Lipinski definition) is 5. The lowest BCUT2D eigenvalue weighted by molar-refractivity contribution is -0.119. The fourth-order valence-electron chi connectivity index (χ4n) is 2.26. The third-order valence-corrected chi connectivity index (χ3v) is 4.51. The lowest BCUT2D eigenvalue weighted by Gasteiger charge is -2.05. The minimum Gasteiger partial charge on any atom is -0.497 e. The minimum absolute atomic E-state index is 0.0886. The van der Waals surface area contributed by atoms with E-state index in [4.69, 9.17) is 4.74 Å². The summed E-state index contributed by atoms with van der Waals surface area (Å²) in [5.41, 5.74) is 2.27. The van der Waals surface area contributed by atoms with E-state index in [1.54, 1.807) is 19.2 Å². The smallest absolute Gasteiger partial charge is 0.257 e. The first-order valence-corrected chi connectivity index (χ1v) is 8.46. The summed E-state index contributed by atoms with van der Waals surface area (Å²) >= 11 is 1.39. The Hall–Kier alpha value is -2.93. The second kappa shape index (κ2) is 7.31. The number of carbonyl (C=O) groups is 2. The molecule has 2 amide bonds. The maximum absolute atomic E-state index is 12.4. The Balaban J connectivity index is 1.70. The largest absolute Gasteiger partial charge is 0.497 e. The molecule has 0 radical (unpaired) electrons. The Bertz CT molecular complexity index is 919. The van der Waals surface area contributed by atoms with Crippen LogP contribution < -0.4 is 15.4 Å². The standard InChI is InChI=1S/C18H17N3O3S/c1-11(22)19-10-12-3-5-13(6-4-12)17(23)21-18-20-15-8-7-14(24-2)9-16(15)25-18/h3-9H,10H2,1-2H3,(H,19,22)(H,20,21,23). The second-order valence-electron chi connectivity index (χ2n) is 5.41. The number of anilines is 1. The van der Waals surface area contributed by atoms with Crippen molar-refractivity contribution < 1.29 is 14.3 Å². The number of nitrogens with zero attached hydrogens (tertiary/aromatic N) is 1. The number of hydrogen-bond donors (Lipinski definition) is 2. The summed E-state index contributed by atoms with van der Waals surface area (Å²) in [6.07, 6.45) is 0. The fourth-order valence-corrected chi connectivity index (χ4v) is 3.14. The molecule has 0 saturated carbocycles. The van der Waals surface area contributed by atoms with Crippen LogP contribution in [0.25, 0.3) is 10.2 Å². The van der Waals surface area contributed by atoms with E-state index in [0.717, 1.165) is 21.5 Å². The minimum atomic E-state index is -0.225. The van der Waals surface area contributed by atoms with E-state index in [0.29, 0.717) is 17.2 Å². The summed E-state index contributed by atoms with van der Waals surface area (Å²) in [6, 6.07) is 12.7. The summed E-state index contributed by atoms with van der Waals surface area (Å²) in [5, 5.41) is 6.07. The van der Waals surface area contributed by atoms with E-state index in [9.17, 15) is 9.59 Å². The molecule has 1 heterocycles. The van der Waals surface area contributed by atoms with Crippen molar-refractivity contribution in [3.63, 3.8) is 0 Å². The molecule has 0 atom stereocenters. The zero-order valence-electron chi connectivity index (χ0n) is 13.8. The molecule has 128 valence electrons. The van der Waals surface area contributed by atoms with Gasteiger partial charge in [-0.25, -0.2) is 4.98 Å². The highest BCUT2D eigenvalue weighted by atomic mass is 32.1. The molecular formula is C18H17N3O3S. The number of thiazole rings is 1. The molecular weight excluding hydrogens is 338 g/mol. The van der Waals surface area contributed by atoms with Crippen molar-refractivity contribution in [2.45, 2.75) is 13.5 Å². The highest BCUT2D eigenvalue weighted by Crippen LogP contribution is 2.29. The Labute approximate surface area is 148 Å². The summed E-state index contributed by atoms with van der Waals surface area (Å²) in [5.74, 6) is 0.440. The van der Waals surface area contributed by atoms with Gasteiger partial charge >= 0.3 is 0 Å². The quantitative estimate of drug-likeness (QED) is 0.736. The Morgan fingerprint density at radius 3 is 2.60 bits per heavy atom. The summed E-state index contributed by atoms with van der Waals surface area (Å²) in [7, 11) is 1.61. The molecule has 25 heavy (non-hydrogen) atoms. The van der Waals surface area contributed by atoms with Crippen LogP contribution in [0.1, 0.15) is 22.8 Å². The first-order valence-electron chi connectivity index (χ1n) is 7.64. The predicted molar refractivity (Wildman–Crippen MR) is 98.1 cm³/mol. The van der Waals surface area contributed by atoms with Crippen molar-refractivity contribution in [2.24, 2.45) is 0 Å². The van der Waals surface area contributed by atoms with Gasteiger partial charge in [-0.15, -0.1) is 0 Å². The average Bonchev–Trinajstić information content (AvgIpc) is 3.01. The molecule has 0 aliphatic carbocycles. The van der Waals surface area contributed by atoms with Crippen molar-refractivity contribution >= 4 is 38.5 Å². The van der Waals surface area contributed by atoms with Crippen LogP contribution in [0.2, 0.25) is 0 Å². The lowest BCUT2D eigenvalue weighted by atomic mass is 10.1. The van der Waals surface area contributed by atoms with E-state index >= 15 is 0 Å². The Morgan fingerprint density at radius 1 is 1.16 bits per heavy atom. The van der Waals surface area contributed by atoms with Crippen molar-refractivity contribution in [1.82, 2.24) is 10.3 Å². The van der Waals surface area contributed by atoms with Crippen LogP contribution in [0.5, 0.6) is 5.75 Å². The van der Waals surface area contributed by atoms with E-state index < -0.39 is 0 Å². The maximum atomic E-state index is 12.4. The van der Waals surface area contributed by atoms with Gasteiger partial charge in [0.05, 0.1) is 17.3 Å². The summed E-state index contributed by atoms with van der Waals surface area (Å²) < 4.78 is 6.14. The number of nitrogens with one attached hydrogen (secondary N) is 2. The third-order valence-electron chi connectivity index (χ3n) is 3.57. The van der Waals surface area contributed by atoms with Crippen LogP contribution in [0.4, 0.5) is 5.13 Å². The van der Waals surface area contributed by atoms with Gasteiger partial charge in [0, 0.05) is 19.0 Å². The van der Waals surface area contributed by atoms with E-state index in [2.05, 4.69) is 15.6 Å². The molecule has 0 bridgehead atoms. The SMILES string of the molecule is COc1ccc2nc(NC(=O)c3ccc(CNC(C)=O)cc3)sc2c1. The third kappa shape index (κ3) is 4.13. The molecule has 2 N–H and O–H groups in total. The fraction of sp³-hybridized carbons (Fsp3) is 0.167. The van der Waals surface area contributed by atoms with Crippen LogP contribution in [-0.4, -0.2) is 23.9 Å². The van der Waals surface area contributed by atoms with Gasteiger partial charge in [0.1, 0.15) is 5.75 Å². The van der Waals surface area contributed by atoms with Gasteiger partial charge in [-0.05, 0) is 35.9 Å². The van der Waals surface area contributed by atoms with Gasteiger partial charge < -0.3 is 10.1 Å². The monoisotopic (exact) mass is 355 g/mol. The Kier molecular flexibility index (Phi) is 4.95. The van der Waals surface area contributed by atoms with Gasteiger partial charge in [-0.2, -0.15) is 0 Å². The number of fused-ring (bicyclic) bond motifs is 1. The van der Waals surface area contributed by atoms with Crippen LogP contribution in [0.15, 0.2) is 42.5 Å². The summed E-state index contributed by atoms with van der Waals surface area (Å²) in [4.78, 5) is 27.7. The number of rotatable bonds is 5. The number of ether oxygens (including phenoxy) is 1. The number of amides is 2. The van der Waals surface area contributed by atoms with Crippen molar-refractivity contribution in [3.8, 4) is 5.75 Å². The molecule has 0 aliphatic heterocycles. The number of carbonyl (C=O) groups excluding carboxylic acids is 2. The number of aromatic nitrogens is 1. The zero-order chi connectivity index (χ0) is 17.8. The molecule has 6 nitrogen and oxygen atoms in total. The molecule has 3 rings (SSSR count). The topological polar surface area (TPSA) is 80.3 Å². The highest BCUT2D eigenvalue weighted by molar-refractivity contribution is 7.22. The van der Waals surface area contributed by atoms with Gasteiger partial charge in [0.2, 0.25) is 5.91 Å².